The number of rotatable bonds is 5. The summed E-state index contributed by atoms with van der Waals surface area (Å²) in [5.74, 6) is -0.881. The number of nitrogens with one attached hydrogen (secondary N) is 1. The molecule has 84 valence electrons. The molecule has 0 saturated heterocycles. The second kappa shape index (κ2) is 5.84. The molecule has 0 fully saturated rings. The average Bonchev–Trinajstić information content (AvgIpc) is 2.47. The van der Waals surface area contributed by atoms with Crippen LogP contribution in [0.1, 0.15) is 24.3 Å². The number of hydrogen-bond donors (Lipinski definition) is 2. The van der Waals surface area contributed by atoms with Crippen LogP contribution in [0.15, 0.2) is 10.5 Å². The Hall–Kier alpha value is -0.100. The van der Waals surface area contributed by atoms with Crippen LogP contribution in [0.5, 0.6) is 0 Å². The Morgan fingerprint density at radius 3 is 2.87 bits per heavy atom. The summed E-state index contributed by atoms with van der Waals surface area (Å²) in [7, 11) is 0. The molecule has 15 heavy (non-hydrogen) atoms. The Balaban J connectivity index is 2.84. The predicted octanol–water partition coefficient (Wildman–Crippen LogP) is 3.29. The Morgan fingerprint density at radius 2 is 2.47 bits per heavy atom. The molecule has 6 heteroatoms. The fourth-order valence-corrected chi connectivity index (χ4v) is 2.91. The van der Waals surface area contributed by atoms with Crippen molar-refractivity contribution in [1.29, 1.82) is 0 Å². The molecule has 2 N–H and O–H groups in total. The first-order valence-corrected chi connectivity index (χ1v) is 6.46. The Labute approximate surface area is 106 Å². The highest BCUT2D eigenvalue weighted by molar-refractivity contribution is 9.10. The van der Waals surface area contributed by atoms with Gasteiger partial charge in [-0.1, -0.05) is 18.5 Å². The molecule has 0 aliphatic heterocycles. The van der Waals surface area contributed by atoms with Gasteiger partial charge in [-0.25, -0.2) is 0 Å². The molecule has 1 aromatic rings. The summed E-state index contributed by atoms with van der Waals surface area (Å²) in [6.45, 7) is 2.66. The Kier molecular flexibility index (Phi) is 5.05. The van der Waals surface area contributed by atoms with Crippen molar-refractivity contribution < 1.29 is 9.90 Å². The molecule has 0 saturated carbocycles. The van der Waals surface area contributed by atoms with Crippen molar-refractivity contribution in [2.45, 2.75) is 19.4 Å². The third-order valence-electron chi connectivity index (χ3n) is 1.79. The minimum absolute atomic E-state index is 0.578. The van der Waals surface area contributed by atoms with Crippen molar-refractivity contribution in [3.63, 3.8) is 0 Å². The van der Waals surface area contributed by atoms with Crippen LogP contribution in [-0.2, 0) is 4.79 Å². The monoisotopic (exact) mass is 311 g/mol. The van der Waals surface area contributed by atoms with E-state index in [1.165, 1.54) is 11.3 Å². The molecule has 0 aliphatic carbocycles. The van der Waals surface area contributed by atoms with Crippen LogP contribution in [-0.4, -0.2) is 17.6 Å². The smallest absolute Gasteiger partial charge is 0.326 e. The zero-order valence-electron chi connectivity index (χ0n) is 8.09. The van der Waals surface area contributed by atoms with Crippen LogP contribution in [0.2, 0.25) is 4.34 Å². The van der Waals surface area contributed by atoms with E-state index in [1.54, 1.807) is 6.07 Å². The van der Waals surface area contributed by atoms with Gasteiger partial charge in [0, 0.05) is 9.35 Å². The quantitative estimate of drug-likeness (QED) is 0.877. The van der Waals surface area contributed by atoms with Crippen LogP contribution in [0.4, 0.5) is 0 Å². The highest BCUT2D eigenvalue weighted by Crippen LogP contribution is 2.35. The van der Waals surface area contributed by atoms with Crippen LogP contribution in [0.25, 0.3) is 0 Å². The lowest BCUT2D eigenvalue weighted by molar-refractivity contribution is -0.139. The number of carbonyl (C=O) groups is 1. The van der Waals surface area contributed by atoms with Gasteiger partial charge in [-0.2, -0.15) is 0 Å². The van der Waals surface area contributed by atoms with Crippen molar-refractivity contribution in [2.75, 3.05) is 6.54 Å². The fraction of sp³-hybridized carbons (Fsp3) is 0.444. The van der Waals surface area contributed by atoms with E-state index >= 15 is 0 Å². The summed E-state index contributed by atoms with van der Waals surface area (Å²) in [5, 5.41) is 12.0. The molecule has 1 unspecified atom stereocenters. The van der Waals surface area contributed by atoms with Gasteiger partial charge in [0.25, 0.3) is 0 Å². The lowest BCUT2D eigenvalue weighted by Crippen LogP contribution is -2.28. The van der Waals surface area contributed by atoms with Gasteiger partial charge < -0.3 is 10.4 Å². The molecule has 0 bridgehead atoms. The first kappa shape index (κ1) is 13.0. The maximum absolute atomic E-state index is 11.0. The normalized spacial score (nSPS) is 12.7. The summed E-state index contributed by atoms with van der Waals surface area (Å²) >= 11 is 10.4. The van der Waals surface area contributed by atoms with E-state index in [0.717, 1.165) is 10.9 Å². The number of aliphatic carboxylic acids is 1. The molecule has 3 nitrogen and oxygen atoms in total. The highest BCUT2D eigenvalue weighted by Gasteiger charge is 2.21. The van der Waals surface area contributed by atoms with Gasteiger partial charge in [0.2, 0.25) is 0 Å². The lowest BCUT2D eigenvalue weighted by Gasteiger charge is -2.11. The molecule has 1 aromatic heterocycles. The lowest BCUT2D eigenvalue weighted by atomic mass is 10.2. The van der Waals surface area contributed by atoms with E-state index < -0.39 is 12.0 Å². The molecule has 0 spiro atoms. The number of carboxylic acid groups (broad SMARTS) is 1. The third kappa shape index (κ3) is 3.45. The van der Waals surface area contributed by atoms with E-state index in [2.05, 4.69) is 21.2 Å². The second-order valence-electron chi connectivity index (χ2n) is 3.00. The Morgan fingerprint density at radius 1 is 1.80 bits per heavy atom. The zero-order valence-corrected chi connectivity index (χ0v) is 11.2. The van der Waals surface area contributed by atoms with Gasteiger partial charge in [-0.15, -0.1) is 11.3 Å². The number of halogens is 2. The van der Waals surface area contributed by atoms with Gasteiger partial charge in [0.15, 0.2) is 0 Å². The van der Waals surface area contributed by atoms with Crippen molar-refractivity contribution >= 4 is 44.8 Å². The first-order valence-electron chi connectivity index (χ1n) is 4.47. The topological polar surface area (TPSA) is 49.3 Å². The highest BCUT2D eigenvalue weighted by atomic mass is 79.9. The van der Waals surface area contributed by atoms with E-state index in [4.69, 9.17) is 16.7 Å². The molecular weight excluding hydrogens is 302 g/mol. The summed E-state index contributed by atoms with van der Waals surface area (Å²) in [6.07, 6.45) is 0.893. The largest absolute Gasteiger partial charge is 0.480 e. The molecule has 0 aliphatic rings. The average molecular weight is 313 g/mol. The maximum Gasteiger partial charge on any atom is 0.326 e. The summed E-state index contributed by atoms with van der Waals surface area (Å²) in [6, 6.07) is 1.08. The van der Waals surface area contributed by atoms with Gasteiger partial charge in [-0.05, 0) is 35.0 Å². The molecule has 0 amide bonds. The van der Waals surface area contributed by atoms with Crippen molar-refractivity contribution in [3.8, 4) is 0 Å². The molecule has 0 aromatic carbocycles. The van der Waals surface area contributed by atoms with Gasteiger partial charge in [-0.3, -0.25) is 4.79 Å². The van der Waals surface area contributed by atoms with Crippen molar-refractivity contribution in [2.24, 2.45) is 0 Å². The van der Waals surface area contributed by atoms with E-state index in [1.807, 2.05) is 6.92 Å². The zero-order chi connectivity index (χ0) is 11.4. The van der Waals surface area contributed by atoms with Gasteiger partial charge in [0.05, 0.1) is 0 Å². The molecule has 1 heterocycles. The predicted molar refractivity (Wildman–Crippen MR) is 65.7 cm³/mol. The number of thiophene rings is 1. The van der Waals surface area contributed by atoms with Crippen LogP contribution < -0.4 is 5.32 Å². The minimum Gasteiger partial charge on any atom is -0.480 e. The van der Waals surface area contributed by atoms with E-state index in [0.29, 0.717) is 15.8 Å². The standard InChI is InChI=1S/C9H11BrClNO2S/c1-2-3-12-7(9(13)14)6-4-5(10)8(11)15-6/h4,7,12H,2-3H2,1H3,(H,13,14). The van der Waals surface area contributed by atoms with Gasteiger partial charge >= 0.3 is 5.97 Å². The molecule has 0 radical (unpaired) electrons. The van der Waals surface area contributed by atoms with E-state index in [-0.39, 0.29) is 0 Å². The SMILES string of the molecule is CCCNC(C(=O)O)c1cc(Br)c(Cl)s1. The van der Waals surface area contributed by atoms with Crippen LogP contribution in [0, 0.1) is 0 Å². The summed E-state index contributed by atoms with van der Waals surface area (Å²) in [5.41, 5.74) is 0. The minimum atomic E-state index is -0.881. The first-order chi connectivity index (χ1) is 7.06. The number of hydrogen-bond acceptors (Lipinski definition) is 3. The van der Waals surface area contributed by atoms with Crippen LogP contribution in [0.3, 0.4) is 0 Å². The fourth-order valence-electron chi connectivity index (χ4n) is 1.10. The number of carboxylic acids is 1. The summed E-state index contributed by atoms with van der Waals surface area (Å²) in [4.78, 5) is 11.7. The third-order valence-corrected chi connectivity index (χ3v) is 4.33. The van der Waals surface area contributed by atoms with E-state index in [9.17, 15) is 4.79 Å². The van der Waals surface area contributed by atoms with Crippen LogP contribution >= 0.6 is 38.9 Å². The summed E-state index contributed by atoms with van der Waals surface area (Å²) < 4.78 is 1.32. The molecule has 1 atom stereocenters. The molecular formula is C9H11BrClNO2S. The molecule has 1 rings (SSSR count). The second-order valence-corrected chi connectivity index (χ2v) is 5.54. The van der Waals surface area contributed by atoms with Crippen molar-refractivity contribution in [1.82, 2.24) is 5.32 Å². The van der Waals surface area contributed by atoms with Gasteiger partial charge in [0.1, 0.15) is 10.4 Å². The maximum atomic E-state index is 11.0. The van der Waals surface area contributed by atoms with Crippen molar-refractivity contribution in [3.05, 3.63) is 19.8 Å². The Bertz CT molecular complexity index is 336.